The maximum atomic E-state index is 13.8. The summed E-state index contributed by atoms with van der Waals surface area (Å²) < 4.78 is 0. The van der Waals surface area contributed by atoms with Gasteiger partial charge in [0.1, 0.15) is 0 Å². The average molecular weight is 406 g/mol. The lowest BCUT2D eigenvalue weighted by atomic mass is 9.86. The number of benzene rings is 1. The SMILES string of the molecule is CCN1CCC2(CCN(C(=O)N3c4ccc(C)cc4C(=O)Nc4cccnc43)C2)C1. The van der Waals surface area contributed by atoms with E-state index in [1.165, 1.54) is 0 Å². The van der Waals surface area contributed by atoms with Crippen molar-refractivity contribution in [2.45, 2.75) is 26.7 Å². The van der Waals surface area contributed by atoms with Crippen LogP contribution in [0.25, 0.3) is 0 Å². The smallest absolute Gasteiger partial charge is 0.323 e. The first-order chi connectivity index (χ1) is 14.5. The van der Waals surface area contributed by atoms with E-state index in [9.17, 15) is 9.59 Å². The third-order valence-corrected chi connectivity index (χ3v) is 6.75. The number of anilines is 3. The number of amides is 3. The third kappa shape index (κ3) is 3.04. The number of nitrogens with one attached hydrogen (secondary N) is 1. The van der Waals surface area contributed by atoms with E-state index in [4.69, 9.17) is 0 Å². The number of hydrogen-bond donors (Lipinski definition) is 1. The molecule has 7 nitrogen and oxygen atoms in total. The summed E-state index contributed by atoms with van der Waals surface area (Å²) >= 11 is 0. The van der Waals surface area contributed by atoms with Crippen molar-refractivity contribution in [1.29, 1.82) is 0 Å². The first-order valence-corrected chi connectivity index (χ1v) is 10.7. The molecule has 156 valence electrons. The molecule has 2 fully saturated rings. The van der Waals surface area contributed by atoms with E-state index in [0.29, 0.717) is 22.8 Å². The lowest BCUT2D eigenvalue weighted by Crippen LogP contribution is -2.41. The minimum Gasteiger partial charge on any atom is -0.323 e. The molecule has 0 radical (unpaired) electrons. The van der Waals surface area contributed by atoms with E-state index < -0.39 is 0 Å². The number of carbonyl (C=O) groups is 2. The molecule has 1 aromatic carbocycles. The van der Waals surface area contributed by atoms with Gasteiger partial charge in [0.2, 0.25) is 0 Å². The predicted octanol–water partition coefficient (Wildman–Crippen LogP) is 3.63. The monoisotopic (exact) mass is 405 g/mol. The van der Waals surface area contributed by atoms with Crippen molar-refractivity contribution in [2.75, 3.05) is 42.9 Å². The van der Waals surface area contributed by atoms with Gasteiger partial charge in [0.15, 0.2) is 5.82 Å². The van der Waals surface area contributed by atoms with Crippen molar-refractivity contribution in [3.05, 3.63) is 47.7 Å². The Morgan fingerprint density at radius 1 is 1.20 bits per heavy atom. The lowest BCUT2D eigenvalue weighted by Gasteiger charge is -2.29. The maximum absolute atomic E-state index is 13.8. The summed E-state index contributed by atoms with van der Waals surface area (Å²) in [6, 6.07) is 9.07. The van der Waals surface area contributed by atoms with Gasteiger partial charge in [0.25, 0.3) is 5.91 Å². The number of nitrogens with zero attached hydrogens (tertiary/aromatic N) is 4. The quantitative estimate of drug-likeness (QED) is 0.787. The molecule has 0 bridgehead atoms. The third-order valence-electron chi connectivity index (χ3n) is 6.75. The van der Waals surface area contributed by atoms with Gasteiger partial charge in [-0.1, -0.05) is 18.6 Å². The van der Waals surface area contributed by atoms with Crippen LogP contribution in [-0.2, 0) is 0 Å². The number of aryl methyl sites for hydroxylation is 1. The molecule has 1 N–H and O–H groups in total. The molecule has 1 spiro atoms. The van der Waals surface area contributed by atoms with E-state index in [1.54, 1.807) is 23.2 Å². The van der Waals surface area contributed by atoms with Gasteiger partial charge in [-0.05, 0) is 57.1 Å². The molecule has 30 heavy (non-hydrogen) atoms. The zero-order valence-electron chi connectivity index (χ0n) is 17.5. The molecule has 0 saturated carbocycles. The Bertz CT molecular complexity index is 1020. The Morgan fingerprint density at radius 3 is 2.83 bits per heavy atom. The number of hydrogen-bond acceptors (Lipinski definition) is 4. The molecule has 2 saturated heterocycles. The number of urea groups is 1. The van der Waals surface area contributed by atoms with E-state index in [-0.39, 0.29) is 17.4 Å². The summed E-state index contributed by atoms with van der Waals surface area (Å²) in [6.45, 7) is 8.84. The number of carbonyl (C=O) groups excluding carboxylic acids is 2. The van der Waals surface area contributed by atoms with Crippen LogP contribution in [0.15, 0.2) is 36.5 Å². The highest BCUT2D eigenvalue weighted by molar-refractivity contribution is 6.16. The predicted molar refractivity (Wildman–Crippen MR) is 116 cm³/mol. The van der Waals surface area contributed by atoms with Gasteiger partial charge in [-0.2, -0.15) is 0 Å². The molecule has 2 aromatic rings. The second kappa shape index (κ2) is 7.09. The second-order valence-electron chi connectivity index (χ2n) is 8.76. The van der Waals surface area contributed by atoms with Crippen molar-refractivity contribution in [3.8, 4) is 0 Å². The van der Waals surface area contributed by atoms with Crippen LogP contribution >= 0.6 is 0 Å². The van der Waals surface area contributed by atoms with Crippen LogP contribution in [0.3, 0.4) is 0 Å². The highest BCUT2D eigenvalue weighted by Gasteiger charge is 2.46. The standard InChI is InChI=1S/C23H27N5O2/c1-3-26-11-8-23(14-26)9-12-27(15-23)22(30)28-19-7-6-16(2)13-17(19)21(29)25-18-5-4-10-24-20(18)28/h4-7,10,13H,3,8-9,11-12,14-15H2,1-2H3,(H,25,29). The molecule has 1 atom stereocenters. The highest BCUT2D eigenvalue weighted by atomic mass is 16.2. The molecule has 3 aliphatic rings. The molecule has 7 heteroatoms. The van der Waals surface area contributed by atoms with Crippen molar-refractivity contribution >= 4 is 29.1 Å². The zero-order valence-corrected chi connectivity index (χ0v) is 17.5. The molecule has 5 rings (SSSR count). The van der Waals surface area contributed by atoms with Gasteiger partial charge >= 0.3 is 6.03 Å². The van der Waals surface area contributed by atoms with E-state index in [2.05, 4.69) is 22.1 Å². The van der Waals surface area contributed by atoms with Crippen LogP contribution in [0.5, 0.6) is 0 Å². The molecule has 3 amide bonds. The molecule has 4 heterocycles. The molecule has 1 aromatic heterocycles. The Labute approximate surface area is 176 Å². The molecular formula is C23H27N5O2. The van der Waals surface area contributed by atoms with Gasteiger partial charge in [-0.15, -0.1) is 0 Å². The minimum absolute atomic E-state index is 0.108. The van der Waals surface area contributed by atoms with Crippen LogP contribution in [0, 0.1) is 12.3 Å². The summed E-state index contributed by atoms with van der Waals surface area (Å²) in [4.78, 5) is 37.2. The largest absolute Gasteiger partial charge is 0.330 e. The fourth-order valence-electron chi connectivity index (χ4n) is 5.07. The van der Waals surface area contributed by atoms with Gasteiger partial charge < -0.3 is 15.1 Å². The first kappa shape index (κ1) is 19.1. The minimum atomic E-state index is -0.217. The lowest BCUT2D eigenvalue weighted by molar-refractivity contribution is 0.102. The van der Waals surface area contributed by atoms with Crippen LogP contribution in [0.2, 0.25) is 0 Å². The number of likely N-dealkylation sites (tertiary alicyclic amines) is 2. The van der Waals surface area contributed by atoms with Crippen LogP contribution < -0.4 is 10.2 Å². The fourth-order valence-corrected chi connectivity index (χ4v) is 5.07. The fraction of sp³-hybridized carbons (Fsp3) is 0.435. The zero-order chi connectivity index (χ0) is 20.9. The molecule has 1 unspecified atom stereocenters. The van der Waals surface area contributed by atoms with E-state index in [0.717, 1.165) is 51.1 Å². The van der Waals surface area contributed by atoms with E-state index >= 15 is 0 Å². The topological polar surface area (TPSA) is 68.8 Å². The Kier molecular flexibility index (Phi) is 4.50. The maximum Gasteiger partial charge on any atom is 0.330 e. The second-order valence-corrected chi connectivity index (χ2v) is 8.76. The van der Waals surface area contributed by atoms with Crippen LogP contribution in [-0.4, -0.2) is 59.4 Å². The van der Waals surface area contributed by atoms with Crippen LogP contribution in [0.1, 0.15) is 35.7 Å². The Morgan fingerprint density at radius 2 is 2.03 bits per heavy atom. The Hall–Kier alpha value is -2.93. The summed E-state index contributed by atoms with van der Waals surface area (Å²) in [5.74, 6) is 0.256. The number of aromatic nitrogens is 1. The van der Waals surface area contributed by atoms with Crippen molar-refractivity contribution < 1.29 is 9.59 Å². The Balaban J connectivity index is 1.53. The summed E-state index contributed by atoms with van der Waals surface area (Å²) in [6.07, 6.45) is 3.82. The van der Waals surface area contributed by atoms with Crippen molar-refractivity contribution in [2.24, 2.45) is 5.41 Å². The summed E-state index contributed by atoms with van der Waals surface area (Å²) in [5.41, 5.74) is 2.79. The van der Waals surface area contributed by atoms with Gasteiger partial charge in [0.05, 0.1) is 16.9 Å². The molecular weight excluding hydrogens is 378 g/mol. The first-order valence-electron chi connectivity index (χ1n) is 10.7. The number of rotatable bonds is 1. The normalized spacial score (nSPS) is 23.3. The highest BCUT2D eigenvalue weighted by Crippen LogP contribution is 2.42. The van der Waals surface area contributed by atoms with Gasteiger partial charge in [-0.3, -0.25) is 4.79 Å². The van der Waals surface area contributed by atoms with E-state index in [1.807, 2.05) is 30.0 Å². The molecule has 0 aliphatic carbocycles. The molecule has 3 aliphatic heterocycles. The number of pyridine rings is 1. The van der Waals surface area contributed by atoms with Crippen molar-refractivity contribution in [3.63, 3.8) is 0 Å². The van der Waals surface area contributed by atoms with Gasteiger partial charge in [-0.25, -0.2) is 14.7 Å². The van der Waals surface area contributed by atoms with Crippen LogP contribution in [0.4, 0.5) is 22.0 Å². The summed E-state index contributed by atoms with van der Waals surface area (Å²) in [7, 11) is 0. The average Bonchev–Trinajstić information content (AvgIpc) is 3.33. The van der Waals surface area contributed by atoms with Crippen molar-refractivity contribution in [1.82, 2.24) is 14.8 Å². The number of fused-ring (bicyclic) bond motifs is 2. The van der Waals surface area contributed by atoms with Gasteiger partial charge in [0, 0.05) is 31.2 Å². The summed E-state index contributed by atoms with van der Waals surface area (Å²) in [5, 5.41) is 2.92.